The highest BCUT2D eigenvalue weighted by molar-refractivity contribution is 5.73. The molecule has 1 heterocycles. The number of carboxylic acid groups (broad SMARTS) is 2. The molecule has 100 valence electrons. The summed E-state index contributed by atoms with van der Waals surface area (Å²) in [6.45, 7) is 1.93. The van der Waals surface area contributed by atoms with Crippen LogP contribution in [0.25, 0.3) is 0 Å². The molecule has 0 aromatic heterocycles. The molecule has 8 heteroatoms. The third-order valence-electron chi connectivity index (χ3n) is 2.10. The normalized spacial score (nSPS) is 20.1. The Morgan fingerprint density at radius 2 is 1.82 bits per heavy atom. The molecule has 0 amide bonds. The molecular formula is C9H14F3NO4. The highest BCUT2D eigenvalue weighted by atomic mass is 19.4. The zero-order valence-corrected chi connectivity index (χ0v) is 8.96. The van der Waals surface area contributed by atoms with Crippen molar-refractivity contribution in [2.45, 2.75) is 25.4 Å². The lowest BCUT2D eigenvalue weighted by atomic mass is 9.96. The Morgan fingerprint density at radius 1 is 1.29 bits per heavy atom. The van der Waals surface area contributed by atoms with E-state index in [0.29, 0.717) is 12.3 Å². The van der Waals surface area contributed by atoms with Crippen LogP contribution in [-0.2, 0) is 9.59 Å². The summed E-state index contributed by atoms with van der Waals surface area (Å²) in [5, 5.41) is 18.7. The lowest BCUT2D eigenvalue weighted by Gasteiger charge is -2.20. The zero-order valence-electron chi connectivity index (χ0n) is 8.96. The van der Waals surface area contributed by atoms with Crippen LogP contribution in [-0.4, -0.2) is 41.4 Å². The van der Waals surface area contributed by atoms with E-state index in [0.717, 1.165) is 25.9 Å². The third-order valence-corrected chi connectivity index (χ3v) is 2.10. The fourth-order valence-electron chi connectivity index (χ4n) is 1.35. The van der Waals surface area contributed by atoms with Crippen molar-refractivity contribution in [3.63, 3.8) is 0 Å². The van der Waals surface area contributed by atoms with Crippen LogP contribution in [0.5, 0.6) is 0 Å². The molecule has 0 saturated carbocycles. The predicted molar refractivity (Wildman–Crippen MR) is 51.5 cm³/mol. The van der Waals surface area contributed by atoms with E-state index < -0.39 is 18.1 Å². The summed E-state index contributed by atoms with van der Waals surface area (Å²) in [4.78, 5) is 19.1. The van der Waals surface area contributed by atoms with E-state index in [1.54, 1.807) is 0 Å². The molecule has 1 saturated heterocycles. The molecular weight excluding hydrogens is 243 g/mol. The average molecular weight is 257 g/mol. The van der Waals surface area contributed by atoms with Gasteiger partial charge in [0, 0.05) is 6.42 Å². The molecule has 5 nitrogen and oxygen atoms in total. The van der Waals surface area contributed by atoms with E-state index in [4.69, 9.17) is 15.0 Å². The van der Waals surface area contributed by atoms with Gasteiger partial charge in [0.05, 0.1) is 0 Å². The number of halogens is 3. The number of nitrogens with one attached hydrogen (secondary N) is 1. The Bertz CT molecular complexity index is 261. The smallest absolute Gasteiger partial charge is 0.481 e. The number of piperidine rings is 1. The van der Waals surface area contributed by atoms with Crippen LogP contribution in [0.2, 0.25) is 0 Å². The highest BCUT2D eigenvalue weighted by Crippen LogP contribution is 2.13. The van der Waals surface area contributed by atoms with E-state index in [1.165, 1.54) is 0 Å². The fraction of sp³-hybridized carbons (Fsp3) is 0.778. The van der Waals surface area contributed by atoms with Gasteiger partial charge >= 0.3 is 18.1 Å². The van der Waals surface area contributed by atoms with Crippen LogP contribution in [0, 0.1) is 5.92 Å². The summed E-state index contributed by atoms with van der Waals surface area (Å²) in [7, 11) is 0. The van der Waals surface area contributed by atoms with Gasteiger partial charge in [0.15, 0.2) is 0 Å². The molecule has 0 aliphatic carbocycles. The minimum absolute atomic E-state index is 0.326. The molecule has 1 unspecified atom stereocenters. The van der Waals surface area contributed by atoms with E-state index >= 15 is 0 Å². The maximum Gasteiger partial charge on any atom is 0.490 e. The molecule has 17 heavy (non-hydrogen) atoms. The van der Waals surface area contributed by atoms with Crippen molar-refractivity contribution in [1.82, 2.24) is 5.32 Å². The summed E-state index contributed by atoms with van der Waals surface area (Å²) in [6, 6.07) is 0. The Hall–Kier alpha value is -1.31. The summed E-state index contributed by atoms with van der Waals surface area (Å²) < 4.78 is 31.7. The standard InChI is InChI=1S/C7H13NO2.C2HF3O2/c9-7(10)4-6-2-1-3-8-5-6;3-2(4,5)1(6)7/h6,8H,1-5H2,(H,9,10);(H,6,7). The second kappa shape index (κ2) is 7.10. The molecule has 1 rings (SSSR count). The first-order chi connectivity index (χ1) is 7.73. The summed E-state index contributed by atoms with van der Waals surface area (Å²) in [5.41, 5.74) is 0. The van der Waals surface area contributed by atoms with Crippen LogP contribution in [0.3, 0.4) is 0 Å². The fourth-order valence-corrected chi connectivity index (χ4v) is 1.35. The molecule has 3 N–H and O–H groups in total. The minimum atomic E-state index is -5.08. The number of alkyl halides is 3. The van der Waals surface area contributed by atoms with Crippen molar-refractivity contribution in [1.29, 1.82) is 0 Å². The van der Waals surface area contributed by atoms with Crippen molar-refractivity contribution < 1.29 is 33.0 Å². The number of hydrogen-bond donors (Lipinski definition) is 3. The van der Waals surface area contributed by atoms with Crippen molar-refractivity contribution in [3.8, 4) is 0 Å². The van der Waals surface area contributed by atoms with Crippen molar-refractivity contribution in [2.24, 2.45) is 5.92 Å². The van der Waals surface area contributed by atoms with Crippen LogP contribution in [0.4, 0.5) is 13.2 Å². The maximum atomic E-state index is 10.6. The SMILES string of the molecule is O=C(O)C(F)(F)F.O=C(O)CC1CCCNC1. The summed E-state index contributed by atoms with van der Waals surface area (Å²) in [5.74, 6) is -3.06. The monoisotopic (exact) mass is 257 g/mol. The maximum absolute atomic E-state index is 10.6. The molecule has 0 aromatic carbocycles. The van der Waals surface area contributed by atoms with Gasteiger partial charge in [0.2, 0.25) is 0 Å². The van der Waals surface area contributed by atoms with E-state index in [9.17, 15) is 18.0 Å². The largest absolute Gasteiger partial charge is 0.490 e. The van der Waals surface area contributed by atoms with Gasteiger partial charge in [-0.3, -0.25) is 4.79 Å². The molecule has 1 aliphatic heterocycles. The first-order valence-electron chi connectivity index (χ1n) is 4.96. The van der Waals surface area contributed by atoms with E-state index in [2.05, 4.69) is 5.32 Å². The molecule has 1 fully saturated rings. The van der Waals surface area contributed by atoms with E-state index in [-0.39, 0.29) is 0 Å². The topological polar surface area (TPSA) is 86.6 Å². The van der Waals surface area contributed by atoms with Crippen LogP contribution in [0.1, 0.15) is 19.3 Å². The predicted octanol–water partition coefficient (Wildman–Crippen LogP) is 1.09. The Kier molecular flexibility index (Phi) is 6.55. The number of aliphatic carboxylic acids is 2. The molecule has 0 aromatic rings. The van der Waals surface area contributed by atoms with Gasteiger partial charge in [-0.05, 0) is 31.8 Å². The lowest BCUT2D eigenvalue weighted by Crippen LogP contribution is -2.30. The van der Waals surface area contributed by atoms with Gasteiger partial charge in [-0.1, -0.05) is 0 Å². The van der Waals surface area contributed by atoms with Gasteiger partial charge in [-0.25, -0.2) is 4.79 Å². The van der Waals surface area contributed by atoms with Crippen LogP contribution < -0.4 is 5.32 Å². The second-order valence-corrected chi connectivity index (χ2v) is 3.61. The Labute approximate surface area is 95.6 Å². The molecule has 1 atom stereocenters. The minimum Gasteiger partial charge on any atom is -0.481 e. The van der Waals surface area contributed by atoms with Gasteiger partial charge in [0.1, 0.15) is 0 Å². The van der Waals surface area contributed by atoms with Crippen LogP contribution >= 0.6 is 0 Å². The van der Waals surface area contributed by atoms with Crippen LogP contribution in [0.15, 0.2) is 0 Å². The van der Waals surface area contributed by atoms with E-state index in [1.807, 2.05) is 0 Å². The molecule has 0 bridgehead atoms. The van der Waals surface area contributed by atoms with Crippen molar-refractivity contribution in [2.75, 3.05) is 13.1 Å². The van der Waals surface area contributed by atoms with Gasteiger partial charge in [-0.15, -0.1) is 0 Å². The van der Waals surface area contributed by atoms with Crippen molar-refractivity contribution >= 4 is 11.9 Å². The molecule has 0 radical (unpaired) electrons. The number of carbonyl (C=O) groups is 2. The number of carboxylic acids is 2. The first-order valence-corrected chi connectivity index (χ1v) is 4.96. The highest BCUT2D eigenvalue weighted by Gasteiger charge is 2.38. The van der Waals surface area contributed by atoms with Gasteiger partial charge in [-0.2, -0.15) is 13.2 Å². The Morgan fingerprint density at radius 3 is 2.12 bits per heavy atom. The van der Waals surface area contributed by atoms with Gasteiger partial charge < -0.3 is 15.5 Å². The average Bonchev–Trinajstić information content (AvgIpc) is 2.17. The molecule has 0 spiro atoms. The van der Waals surface area contributed by atoms with Crippen molar-refractivity contribution in [3.05, 3.63) is 0 Å². The quantitative estimate of drug-likeness (QED) is 0.689. The second-order valence-electron chi connectivity index (χ2n) is 3.61. The molecule has 1 aliphatic rings. The zero-order chi connectivity index (χ0) is 13.5. The summed E-state index contributed by atoms with van der Waals surface area (Å²) in [6.07, 6.45) is -2.57. The van der Waals surface area contributed by atoms with Gasteiger partial charge in [0.25, 0.3) is 0 Å². The summed E-state index contributed by atoms with van der Waals surface area (Å²) >= 11 is 0. The number of hydrogen-bond acceptors (Lipinski definition) is 3. The third kappa shape index (κ3) is 8.49. The number of rotatable bonds is 2. The first kappa shape index (κ1) is 15.7. The lowest BCUT2D eigenvalue weighted by molar-refractivity contribution is -0.192. The Balaban J connectivity index is 0.000000325.